The minimum absolute atomic E-state index is 0.0117. The van der Waals surface area contributed by atoms with Crippen LogP contribution < -0.4 is 15.5 Å². The first-order chi connectivity index (χ1) is 20.4. The Bertz CT molecular complexity index is 1410. The number of nitro groups is 1. The van der Waals surface area contributed by atoms with Gasteiger partial charge in [-0.25, -0.2) is 0 Å². The Balaban J connectivity index is 1.27. The Labute approximate surface area is 245 Å². The summed E-state index contributed by atoms with van der Waals surface area (Å²) in [6.45, 7) is 2.88. The highest BCUT2D eigenvalue weighted by Gasteiger charge is 2.25. The molecule has 0 spiro atoms. The SMILES string of the molecule is O=C(C=Cc1ccc([N+](=O)[O-])cc1)Nc1ccc(N2CCC(Cc3ccccc3)CC2)c(C(=O)NCC2CCCO2)c1. The number of hydrogen-bond acceptors (Lipinski definition) is 6. The van der Waals surface area contributed by atoms with Crippen LogP contribution in [-0.4, -0.2) is 49.1 Å². The predicted molar refractivity (Wildman–Crippen MR) is 164 cm³/mol. The predicted octanol–water partition coefficient (Wildman–Crippen LogP) is 5.61. The molecular formula is C33H36N4O5. The van der Waals surface area contributed by atoms with Crippen molar-refractivity contribution in [3.8, 4) is 0 Å². The van der Waals surface area contributed by atoms with Crippen molar-refractivity contribution in [2.45, 2.75) is 38.2 Å². The molecule has 0 saturated carbocycles. The number of nitrogens with zero attached hydrogens (tertiary/aromatic N) is 2. The van der Waals surface area contributed by atoms with Gasteiger partial charge in [-0.15, -0.1) is 0 Å². The number of carbonyl (C=O) groups is 2. The van der Waals surface area contributed by atoms with E-state index in [9.17, 15) is 19.7 Å². The van der Waals surface area contributed by atoms with Crippen LogP contribution in [0.5, 0.6) is 0 Å². The summed E-state index contributed by atoms with van der Waals surface area (Å²) in [6, 6.07) is 22.0. The maximum Gasteiger partial charge on any atom is 0.269 e. The molecule has 9 heteroatoms. The number of carbonyl (C=O) groups excluding carboxylic acids is 2. The van der Waals surface area contributed by atoms with Crippen molar-refractivity contribution >= 4 is 35.0 Å². The number of rotatable bonds is 10. The van der Waals surface area contributed by atoms with Crippen molar-refractivity contribution in [3.63, 3.8) is 0 Å². The largest absolute Gasteiger partial charge is 0.376 e. The first-order valence-corrected chi connectivity index (χ1v) is 14.5. The molecule has 0 aromatic heterocycles. The van der Waals surface area contributed by atoms with Crippen LogP contribution >= 0.6 is 0 Å². The minimum atomic E-state index is -0.467. The molecule has 218 valence electrons. The zero-order valence-electron chi connectivity index (χ0n) is 23.5. The number of hydrogen-bond donors (Lipinski definition) is 2. The second-order valence-corrected chi connectivity index (χ2v) is 10.9. The fraction of sp³-hybridized carbons (Fsp3) is 0.333. The number of piperidine rings is 1. The van der Waals surface area contributed by atoms with Gasteiger partial charge in [0.2, 0.25) is 5.91 Å². The van der Waals surface area contributed by atoms with E-state index < -0.39 is 4.92 Å². The fourth-order valence-electron chi connectivity index (χ4n) is 5.57. The zero-order valence-corrected chi connectivity index (χ0v) is 23.5. The molecule has 5 rings (SSSR count). The summed E-state index contributed by atoms with van der Waals surface area (Å²) in [4.78, 5) is 38.8. The van der Waals surface area contributed by atoms with E-state index in [4.69, 9.17) is 4.74 Å². The van der Waals surface area contributed by atoms with Gasteiger partial charge in [0.25, 0.3) is 11.6 Å². The molecule has 2 amide bonds. The van der Waals surface area contributed by atoms with Crippen LogP contribution in [0.15, 0.2) is 78.9 Å². The zero-order chi connectivity index (χ0) is 29.3. The van der Waals surface area contributed by atoms with Gasteiger partial charge in [0, 0.05) is 55.8 Å². The van der Waals surface area contributed by atoms with E-state index in [1.54, 1.807) is 24.3 Å². The lowest BCUT2D eigenvalue weighted by molar-refractivity contribution is -0.384. The molecule has 2 N–H and O–H groups in total. The summed E-state index contributed by atoms with van der Waals surface area (Å²) in [5, 5.41) is 16.7. The molecule has 2 aliphatic heterocycles. The molecule has 3 aromatic rings. The van der Waals surface area contributed by atoms with Crippen LogP contribution in [0, 0.1) is 16.0 Å². The normalized spacial score (nSPS) is 17.3. The second-order valence-electron chi connectivity index (χ2n) is 10.9. The van der Waals surface area contributed by atoms with Crippen molar-refractivity contribution in [1.82, 2.24) is 5.32 Å². The number of anilines is 2. The van der Waals surface area contributed by atoms with E-state index in [0.29, 0.717) is 29.3 Å². The standard InChI is InChI=1S/C33H36N4O5/c38-32(15-10-24-8-12-28(13-9-24)37(40)41)35-27-11-14-31(30(22-27)33(39)34-23-29-7-4-20-42-29)36-18-16-26(17-19-36)21-25-5-2-1-3-6-25/h1-3,5-6,8-15,22,26,29H,4,7,16-21,23H2,(H,34,39)(H,35,38). The number of benzene rings is 3. The first kappa shape index (κ1) is 29.0. The van der Waals surface area contributed by atoms with Crippen molar-refractivity contribution in [3.05, 3.63) is 106 Å². The van der Waals surface area contributed by atoms with Gasteiger partial charge in [-0.05, 0) is 85.6 Å². The number of nitrogens with one attached hydrogen (secondary N) is 2. The number of non-ortho nitro benzene ring substituents is 1. The Morgan fingerprint density at radius 2 is 1.76 bits per heavy atom. The number of nitro benzene ring substituents is 1. The molecule has 0 radical (unpaired) electrons. The number of ether oxygens (including phenoxy) is 1. The molecule has 1 atom stereocenters. The third-order valence-electron chi connectivity index (χ3n) is 7.88. The third kappa shape index (κ3) is 7.82. The van der Waals surface area contributed by atoms with E-state index >= 15 is 0 Å². The third-order valence-corrected chi connectivity index (χ3v) is 7.88. The molecule has 3 aromatic carbocycles. The molecule has 0 aliphatic carbocycles. The highest BCUT2D eigenvalue weighted by molar-refractivity contribution is 6.05. The minimum Gasteiger partial charge on any atom is -0.376 e. The fourth-order valence-corrected chi connectivity index (χ4v) is 5.57. The van der Waals surface area contributed by atoms with Crippen molar-refractivity contribution in [1.29, 1.82) is 0 Å². The van der Waals surface area contributed by atoms with Crippen LogP contribution in [0.4, 0.5) is 17.1 Å². The second kappa shape index (κ2) is 13.9. The lowest BCUT2D eigenvalue weighted by atomic mass is 9.89. The molecule has 2 aliphatic rings. The van der Waals surface area contributed by atoms with Gasteiger partial charge in [0.15, 0.2) is 0 Å². The van der Waals surface area contributed by atoms with E-state index in [1.165, 1.54) is 23.8 Å². The molecular weight excluding hydrogens is 532 g/mol. The Hall–Kier alpha value is -4.50. The lowest BCUT2D eigenvalue weighted by Crippen LogP contribution is -2.37. The summed E-state index contributed by atoms with van der Waals surface area (Å²) >= 11 is 0. The summed E-state index contributed by atoms with van der Waals surface area (Å²) in [5.41, 5.74) is 3.90. The molecule has 2 saturated heterocycles. The van der Waals surface area contributed by atoms with Crippen molar-refractivity contribution < 1.29 is 19.2 Å². The Morgan fingerprint density at radius 1 is 1.00 bits per heavy atom. The highest BCUT2D eigenvalue weighted by Crippen LogP contribution is 2.30. The Kier molecular flexibility index (Phi) is 9.61. The smallest absolute Gasteiger partial charge is 0.269 e. The quantitative estimate of drug-likeness (QED) is 0.187. The van der Waals surface area contributed by atoms with Gasteiger partial charge in [0.1, 0.15) is 0 Å². The average molecular weight is 569 g/mol. The summed E-state index contributed by atoms with van der Waals surface area (Å²) < 4.78 is 5.68. The van der Waals surface area contributed by atoms with Crippen molar-refractivity contribution in [2.24, 2.45) is 5.92 Å². The van der Waals surface area contributed by atoms with Crippen LogP contribution in [0.2, 0.25) is 0 Å². The highest BCUT2D eigenvalue weighted by atomic mass is 16.6. The van der Waals surface area contributed by atoms with Gasteiger partial charge in [0.05, 0.1) is 16.6 Å². The molecule has 9 nitrogen and oxygen atoms in total. The summed E-state index contributed by atoms with van der Waals surface area (Å²) in [6.07, 6.45) is 8.04. The monoisotopic (exact) mass is 568 g/mol. The van der Waals surface area contributed by atoms with Crippen LogP contribution in [0.1, 0.15) is 47.2 Å². The topological polar surface area (TPSA) is 114 Å². The molecule has 2 fully saturated rings. The summed E-state index contributed by atoms with van der Waals surface area (Å²) in [7, 11) is 0. The lowest BCUT2D eigenvalue weighted by Gasteiger charge is -2.35. The van der Waals surface area contributed by atoms with Gasteiger partial charge in [-0.2, -0.15) is 0 Å². The van der Waals surface area contributed by atoms with E-state index in [-0.39, 0.29) is 23.6 Å². The van der Waals surface area contributed by atoms with Gasteiger partial charge >= 0.3 is 0 Å². The van der Waals surface area contributed by atoms with E-state index in [1.807, 2.05) is 18.2 Å². The maximum absolute atomic E-state index is 13.4. The molecule has 0 bridgehead atoms. The van der Waals surface area contributed by atoms with Crippen LogP contribution in [-0.2, 0) is 16.0 Å². The van der Waals surface area contributed by atoms with Gasteiger partial charge in [-0.1, -0.05) is 30.3 Å². The van der Waals surface area contributed by atoms with Gasteiger partial charge in [-0.3, -0.25) is 19.7 Å². The van der Waals surface area contributed by atoms with E-state index in [2.05, 4.69) is 39.8 Å². The van der Waals surface area contributed by atoms with Crippen LogP contribution in [0.3, 0.4) is 0 Å². The average Bonchev–Trinajstić information content (AvgIpc) is 3.54. The number of amides is 2. The molecule has 42 heavy (non-hydrogen) atoms. The first-order valence-electron chi connectivity index (χ1n) is 14.5. The molecule has 1 unspecified atom stereocenters. The maximum atomic E-state index is 13.4. The summed E-state index contributed by atoms with van der Waals surface area (Å²) in [5.74, 6) is 0.0412. The van der Waals surface area contributed by atoms with E-state index in [0.717, 1.165) is 57.5 Å². The molecule has 2 heterocycles. The van der Waals surface area contributed by atoms with Crippen molar-refractivity contribution in [2.75, 3.05) is 36.5 Å². The van der Waals surface area contributed by atoms with Crippen LogP contribution in [0.25, 0.3) is 6.08 Å². The van der Waals surface area contributed by atoms with Gasteiger partial charge < -0.3 is 20.3 Å². The Morgan fingerprint density at radius 3 is 2.45 bits per heavy atom.